The van der Waals surface area contributed by atoms with Crippen LogP contribution in [0.5, 0.6) is 0 Å². The molecular formula is C19H23N3O3. The van der Waals surface area contributed by atoms with Gasteiger partial charge in [0.1, 0.15) is 0 Å². The Morgan fingerprint density at radius 1 is 1.16 bits per heavy atom. The molecule has 0 radical (unpaired) electrons. The van der Waals surface area contributed by atoms with E-state index in [-0.39, 0.29) is 11.7 Å². The summed E-state index contributed by atoms with van der Waals surface area (Å²) in [6, 6.07) is 9.72. The number of anilines is 1. The van der Waals surface area contributed by atoms with E-state index in [0.29, 0.717) is 19.6 Å². The molecule has 6 nitrogen and oxygen atoms in total. The molecule has 1 aromatic carbocycles. The molecule has 2 saturated heterocycles. The van der Waals surface area contributed by atoms with Crippen molar-refractivity contribution in [2.24, 2.45) is 0 Å². The zero-order chi connectivity index (χ0) is 17.1. The maximum Gasteiger partial charge on any atom is 0.225 e. The fraction of sp³-hybridized carbons (Fsp3) is 0.474. The molecular weight excluding hydrogens is 318 g/mol. The van der Waals surface area contributed by atoms with Gasteiger partial charge < -0.3 is 19.7 Å². The van der Waals surface area contributed by atoms with Gasteiger partial charge in [0.15, 0.2) is 5.79 Å². The number of likely N-dealkylation sites (tertiary alicyclic amines) is 1. The largest absolute Gasteiger partial charge is 0.347 e. The monoisotopic (exact) mass is 341 g/mol. The third-order valence-corrected chi connectivity index (χ3v) is 4.99. The molecule has 2 aromatic rings. The highest BCUT2D eigenvalue weighted by molar-refractivity contribution is 6.00. The van der Waals surface area contributed by atoms with E-state index in [0.717, 1.165) is 49.1 Å². The Morgan fingerprint density at radius 3 is 2.72 bits per heavy atom. The van der Waals surface area contributed by atoms with Gasteiger partial charge >= 0.3 is 0 Å². The molecule has 0 aliphatic carbocycles. The number of carbonyl (C=O) groups excluding carboxylic acids is 1. The van der Waals surface area contributed by atoms with E-state index in [4.69, 9.17) is 9.47 Å². The number of nitrogens with one attached hydrogen (secondary N) is 1. The van der Waals surface area contributed by atoms with Crippen molar-refractivity contribution in [2.45, 2.75) is 25.0 Å². The number of hydrogen-bond acceptors (Lipinski definition) is 5. The molecule has 1 N–H and O–H groups in total. The van der Waals surface area contributed by atoms with E-state index < -0.39 is 0 Å². The highest BCUT2D eigenvalue weighted by Crippen LogP contribution is 2.31. The second-order valence-electron chi connectivity index (χ2n) is 6.63. The number of benzene rings is 1. The Bertz CT molecular complexity index is 743. The van der Waals surface area contributed by atoms with Gasteiger partial charge in [-0.3, -0.25) is 9.78 Å². The van der Waals surface area contributed by atoms with E-state index >= 15 is 0 Å². The van der Waals surface area contributed by atoms with Gasteiger partial charge in [0, 0.05) is 50.5 Å². The first-order valence-electron chi connectivity index (χ1n) is 8.88. The number of pyridine rings is 1. The van der Waals surface area contributed by atoms with Crippen molar-refractivity contribution in [3.8, 4) is 0 Å². The average Bonchev–Trinajstić information content (AvgIpc) is 3.10. The molecule has 0 bridgehead atoms. The van der Waals surface area contributed by atoms with Crippen molar-refractivity contribution >= 4 is 22.5 Å². The van der Waals surface area contributed by atoms with Crippen LogP contribution < -0.4 is 5.32 Å². The van der Waals surface area contributed by atoms with Gasteiger partial charge in [-0.1, -0.05) is 18.2 Å². The van der Waals surface area contributed by atoms with Crippen LogP contribution in [0, 0.1) is 0 Å². The lowest BCUT2D eigenvalue weighted by atomic mass is 10.0. The Labute approximate surface area is 147 Å². The lowest BCUT2D eigenvalue weighted by Gasteiger charge is -2.37. The summed E-state index contributed by atoms with van der Waals surface area (Å²) in [5, 5.41) is 4.02. The number of ether oxygens (including phenoxy) is 2. The van der Waals surface area contributed by atoms with Gasteiger partial charge in [0.05, 0.1) is 24.4 Å². The number of aromatic nitrogens is 1. The van der Waals surface area contributed by atoms with Crippen molar-refractivity contribution in [3.63, 3.8) is 0 Å². The summed E-state index contributed by atoms with van der Waals surface area (Å²) in [6.07, 6.45) is 3.97. The van der Waals surface area contributed by atoms with Gasteiger partial charge in [-0.15, -0.1) is 0 Å². The van der Waals surface area contributed by atoms with Crippen molar-refractivity contribution in [2.75, 3.05) is 38.2 Å². The molecule has 4 rings (SSSR count). The second-order valence-corrected chi connectivity index (χ2v) is 6.63. The number of para-hydroxylation sites is 1. The molecule has 0 unspecified atom stereocenters. The van der Waals surface area contributed by atoms with Crippen LogP contribution in [0.25, 0.3) is 10.9 Å². The minimum atomic E-state index is -0.354. The van der Waals surface area contributed by atoms with Crippen LogP contribution in [0.1, 0.15) is 19.3 Å². The summed E-state index contributed by atoms with van der Waals surface area (Å²) in [4.78, 5) is 19.0. The Kier molecular flexibility index (Phi) is 4.65. The SMILES string of the molecule is O=C(CCN1CCC2(CC1)OCCO2)Nc1cccc2cccnc12. The molecule has 0 saturated carbocycles. The summed E-state index contributed by atoms with van der Waals surface area (Å²) in [5.74, 6) is -0.334. The van der Waals surface area contributed by atoms with E-state index in [1.807, 2.05) is 30.3 Å². The normalized spacial score (nSPS) is 20.2. The van der Waals surface area contributed by atoms with Gasteiger partial charge in [0.2, 0.25) is 5.91 Å². The zero-order valence-corrected chi connectivity index (χ0v) is 14.2. The smallest absolute Gasteiger partial charge is 0.225 e. The van der Waals surface area contributed by atoms with Crippen LogP contribution in [-0.4, -0.2) is 54.4 Å². The number of rotatable bonds is 4. The van der Waals surface area contributed by atoms with Crippen LogP contribution >= 0.6 is 0 Å². The number of piperidine rings is 1. The van der Waals surface area contributed by atoms with Crippen LogP contribution in [0.4, 0.5) is 5.69 Å². The molecule has 2 aliphatic heterocycles. The summed E-state index contributed by atoms with van der Waals surface area (Å²) in [6.45, 7) is 3.95. The molecule has 132 valence electrons. The summed E-state index contributed by atoms with van der Waals surface area (Å²) >= 11 is 0. The number of nitrogens with zero attached hydrogens (tertiary/aromatic N) is 2. The molecule has 3 heterocycles. The Hall–Kier alpha value is -2.02. The Morgan fingerprint density at radius 2 is 1.92 bits per heavy atom. The molecule has 2 fully saturated rings. The number of amides is 1. The standard InChI is InChI=1S/C19H23N3O3/c23-17(21-16-5-1-3-15-4-2-9-20-18(15)16)6-10-22-11-7-19(8-12-22)24-13-14-25-19/h1-5,9H,6-8,10-14H2,(H,21,23). The highest BCUT2D eigenvalue weighted by atomic mass is 16.7. The molecule has 0 atom stereocenters. The number of fused-ring (bicyclic) bond motifs is 1. The van der Waals surface area contributed by atoms with E-state index in [9.17, 15) is 4.79 Å². The number of hydrogen-bond donors (Lipinski definition) is 1. The van der Waals surface area contributed by atoms with Gasteiger partial charge in [0.25, 0.3) is 0 Å². The molecule has 2 aliphatic rings. The first-order chi connectivity index (χ1) is 12.2. The third kappa shape index (κ3) is 3.66. The first kappa shape index (κ1) is 16.4. The van der Waals surface area contributed by atoms with Gasteiger partial charge in [-0.2, -0.15) is 0 Å². The quantitative estimate of drug-likeness (QED) is 0.925. The zero-order valence-electron chi connectivity index (χ0n) is 14.2. The van der Waals surface area contributed by atoms with Crippen molar-refractivity contribution in [1.29, 1.82) is 0 Å². The lowest BCUT2D eigenvalue weighted by molar-refractivity contribution is -0.185. The predicted molar refractivity (Wildman–Crippen MR) is 95.3 cm³/mol. The van der Waals surface area contributed by atoms with Crippen molar-refractivity contribution in [3.05, 3.63) is 36.5 Å². The van der Waals surface area contributed by atoms with Crippen LogP contribution in [0.15, 0.2) is 36.5 Å². The average molecular weight is 341 g/mol. The molecule has 1 spiro atoms. The Balaban J connectivity index is 1.29. The van der Waals surface area contributed by atoms with Gasteiger partial charge in [-0.25, -0.2) is 0 Å². The predicted octanol–water partition coefficient (Wildman–Crippen LogP) is 2.40. The fourth-order valence-corrected chi connectivity index (χ4v) is 3.58. The van der Waals surface area contributed by atoms with Crippen LogP contribution in [-0.2, 0) is 14.3 Å². The molecule has 1 aromatic heterocycles. The van der Waals surface area contributed by atoms with E-state index in [1.54, 1.807) is 6.20 Å². The number of carbonyl (C=O) groups is 1. The van der Waals surface area contributed by atoms with Crippen LogP contribution in [0.2, 0.25) is 0 Å². The van der Waals surface area contributed by atoms with Gasteiger partial charge in [-0.05, 0) is 12.1 Å². The minimum Gasteiger partial charge on any atom is -0.347 e. The topological polar surface area (TPSA) is 63.7 Å². The highest BCUT2D eigenvalue weighted by Gasteiger charge is 2.39. The molecule has 1 amide bonds. The summed E-state index contributed by atoms with van der Waals surface area (Å²) < 4.78 is 11.5. The first-order valence-corrected chi connectivity index (χ1v) is 8.88. The van der Waals surface area contributed by atoms with Crippen molar-refractivity contribution < 1.29 is 14.3 Å². The maximum absolute atomic E-state index is 12.3. The third-order valence-electron chi connectivity index (χ3n) is 4.99. The molecule has 25 heavy (non-hydrogen) atoms. The fourth-order valence-electron chi connectivity index (χ4n) is 3.58. The van der Waals surface area contributed by atoms with Crippen LogP contribution in [0.3, 0.4) is 0 Å². The summed E-state index contributed by atoms with van der Waals surface area (Å²) in [5.41, 5.74) is 1.60. The second kappa shape index (κ2) is 7.07. The lowest BCUT2D eigenvalue weighted by Crippen LogP contribution is -2.45. The molecule has 6 heteroatoms. The van der Waals surface area contributed by atoms with E-state index in [2.05, 4.69) is 15.2 Å². The summed E-state index contributed by atoms with van der Waals surface area (Å²) in [7, 11) is 0. The van der Waals surface area contributed by atoms with Crippen molar-refractivity contribution in [1.82, 2.24) is 9.88 Å². The maximum atomic E-state index is 12.3. The minimum absolute atomic E-state index is 0.0202. The van der Waals surface area contributed by atoms with E-state index in [1.165, 1.54) is 0 Å².